The van der Waals surface area contributed by atoms with Crippen LogP contribution in [-0.4, -0.2) is 31.3 Å². The topological polar surface area (TPSA) is 103 Å². The van der Waals surface area contributed by atoms with Gasteiger partial charge in [-0.1, -0.05) is 42.1 Å². The van der Waals surface area contributed by atoms with E-state index < -0.39 is 4.92 Å². The van der Waals surface area contributed by atoms with Gasteiger partial charge in [-0.05, 0) is 42.0 Å². The Hall–Kier alpha value is -4.05. The van der Waals surface area contributed by atoms with E-state index in [2.05, 4.69) is 15.5 Å². The average molecular weight is 463 g/mol. The Labute approximate surface area is 192 Å². The lowest BCUT2D eigenvalue weighted by Crippen LogP contribution is -2.24. The van der Waals surface area contributed by atoms with Crippen LogP contribution < -0.4 is 5.32 Å². The lowest BCUT2D eigenvalue weighted by molar-refractivity contribution is -0.384. The van der Waals surface area contributed by atoms with Crippen molar-refractivity contribution in [3.05, 3.63) is 100 Å². The monoisotopic (exact) mass is 463 g/mol. The highest BCUT2D eigenvalue weighted by atomic mass is 32.2. The predicted octanol–water partition coefficient (Wildman–Crippen LogP) is 4.39. The minimum absolute atomic E-state index is 0.00200. The average Bonchev–Trinajstić information content (AvgIpc) is 3.26. The van der Waals surface area contributed by atoms with Gasteiger partial charge in [-0.15, -0.1) is 10.2 Å². The zero-order chi connectivity index (χ0) is 23.2. The molecule has 4 aromatic rings. The standard InChI is InChI=1S/C23H18FN5O3S/c24-18-10-8-17(9-11-18)22-26-27-23(28(22)19-4-2-1-3-5-19)33-15-21(30)25-14-16-6-12-20(13-7-16)29(31)32/h1-13H,14-15H2,(H,25,30). The number of rotatable bonds is 8. The molecule has 0 atom stereocenters. The normalized spacial score (nSPS) is 10.7. The number of hydrogen-bond donors (Lipinski definition) is 1. The highest BCUT2D eigenvalue weighted by molar-refractivity contribution is 7.99. The van der Waals surface area contributed by atoms with E-state index in [4.69, 9.17) is 0 Å². The maximum absolute atomic E-state index is 13.4. The molecule has 0 saturated carbocycles. The van der Waals surface area contributed by atoms with E-state index in [-0.39, 0.29) is 29.7 Å². The van der Waals surface area contributed by atoms with Crippen molar-refractivity contribution in [2.45, 2.75) is 11.7 Å². The van der Waals surface area contributed by atoms with Crippen molar-refractivity contribution in [3.8, 4) is 17.1 Å². The molecular weight excluding hydrogens is 445 g/mol. The SMILES string of the molecule is O=C(CSc1nnc(-c2ccc(F)cc2)n1-c1ccccc1)NCc1ccc([N+](=O)[O-])cc1. The Balaban J connectivity index is 1.47. The van der Waals surface area contributed by atoms with Gasteiger partial charge in [0.1, 0.15) is 5.82 Å². The van der Waals surface area contributed by atoms with E-state index in [0.29, 0.717) is 16.5 Å². The predicted molar refractivity (Wildman–Crippen MR) is 122 cm³/mol. The quantitative estimate of drug-likeness (QED) is 0.236. The number of halogens is 1. The number of amides is 1. The lowest BCUT2D eigenvalue weighted by atomic mass is 10.2. The van der Waals surface area contributed by atoms with E-state index in [1.165, 1.54) is 36.0 Å². The molecule has 0 unspecified atom stereocenters. The van der Waals surface area contributed by atoms with Crippen LogP contribution in [0.1, 0.15) is 5.56 Å². The van der Waals surface area contributed by atoms with E-state index in [1.54, 1.807) is 24.3 Å². The van der Waals surface area contributed by atoms with Crippen molar-refractivity contribution in [1.82, 2.24) is 20.1 Å². The Morgan fingerprint density at radius 1 is 1.00 bits per heavy atom. The van der Waals surface area contributed by atoms with Crippen molar-refractivity contribution in [2.24, 2.45) is 0 Å². The summed E-state index contributed by atoms with van der Waals surface area (Å²) < 4.78 is 15.2. The van der Waals surface area contributed by atoms with Crippen LogP contribution in [0.3, 0.4) is 0 Å². The Morgan fingerprint density at radius 2 is 1.70 bits per heavy atom. The number of nitrogens with one attached hydrogen (secondary N) is 1. The first-order valence-corrected chi connectivity index (χ1v) is 10.9. The highest BCUT2D eigenvalue weighted by Gasteiger charge is 2.17. The Morgan fingerprint density at radius 3 is 2.36 bits per heavy atom. The molecule has 0 bridgehead atoms. The summed E-state index contributed by atoms with van der Waals surface area (Å²) >= 11 is 1.22. The van der Waals surface area contributed by atoms with Crippen LogP contribution in [0.5, 0.6) is 0 Å². The van der Waals surface area contributed by atoms with Gasteiger partial charge in [-0.3, -0.25) is 19.5 Å². The minimum atomic E-state index is -0.470. The second-order valence-electron chi connectivity index (χ2n) is 6.97. The van der Waals surface area contributed by atoms with Gasteiger partial charge < -0.3 is 5.32 Å². The highest BCUT2D eigenvalue weighted by Crippen LogP contribution is 2.28. The number of nitrogens with zero attached hydrogens (tertiary/aromatic N) is 4. The molecule has 0 radical (unpaired) electrons. The fraction of sp³-hybridized carbons (Fsp3) is 0.0870. The molecule has 1 N–H and O–H groups in total. The van der Waals surface area contributed by atoms with E-state index >= 15 is 0 Å². The Bertz CT molecular complexity index is 1260. The van der Waals surface area contributed by atoms with Gasteiger partial charge in [-0.25, -0.2) is 4.39 Å². The summed E-state index contributed by atoms with van der Waals surface area (Å²) in [5.41, 5.74) is 2.26. The number of benzene rings is 3. The van der Waals surface area contributed by atoms with E-state index in [0.717, 1.165) is 11.3 Å². The number of nitro benzene ring substituents is 1. The number of carbonyl (C=O) groups is 1. The molecule has 1 aromatic heterocycles. The molecule has 1 heterocycles. The molecule has 1 amide bonds. The number of hydrogen-bond acceptors (Lipinski definition) is 6. The maximum atomic E-state index is 13.4. The fourth-order valence-electron chi connectivity index (χ4n) is 3.08. The number of carbonyl (C=O) groups excluding carboxylic acids is 1. The van der Waals surface area contributed by atoms with Crippen molar-refractivity contribution in [3.63, 3.8) is 0 Å². The van der Waals surface area contributed by atoms with Crippen molar-refractivity contribution in [1.29, 1.82) is 0 Å². The molecule has 4 rings (SSSR count). The summed E-state index contributed by atoms with van der Waals surface area (Å²) in [7, 11) is 0. The molecule has 0 aliphatic rings. The smallest absolute Gasteiger partial charge is 0.269 e. The number of thioether (sulfide) groups is 1. The fourth-order valence-corrected chi connectivity index (χ4v) is 3.86. The van der Waals surface area contributed by atoms with Gasteiger partial charge >= 0.3 is 0 Å². The van der Waals surface area contributed by atoms with Gasteiger partial charge in [0, 0.05) is 29.9 Å². The van der Waals surface area contributed by atoms with E-state index in [9.17, 15) is 19.3 Å². The van der Waals surface area contributed by atoms with Crippen LogP contribution in [-0.2, 0) is 11.3 Å². The number of aromatic nitrogens is 3. The molecule has 3 aromatic carbocycles. The third-order valence-corrected chi connectivity index (χ3v) is 5.65. The van der Waals surface area contributed by atoms with Gasteiger partial charge in [0.25, 0.3) is 5.69 Å². The molecule has 0 fully saturated rings. The van der Waals surface area contributed by atoms with Crippen LogP contribution in [0.4, 0.5) is 10.1 Å². The molecule has 8 nitrogen and oxygen atoms in total. The van der Waals surface area contributed by atoms with Gasteiger partial charge in [0.2, 0.25) is 5.91 Å². The van der Waals surface area contributed by atoms with E-state index in [1.807, 2.05) is 34.9 Å². The summed E-state index contributed by atoms with van der Waals surface area (Å²) in [6.07, 6.45) is 0. The largest absolute Gasteiger partial charge is 0.351 e. The zero-order valence-corrected chi connectivity index (χ0v) is 18.0. The lowest BCUT2D eigenvalue weighted by Gasteiger charge is -2.10. The number of nitro groups is 1. The number of para-hydroxylation sites is 1. The molecule has 0 spiro atoms. The zero-order valence-electron chi connectivity index (χ0n) is 17.2. The third-order valence-electron chi connectivity index (χ3n) is 4.72. The van der Waals surface area contributed by atoms with Crippen molar-refractivity contribution < 1.29 is 14.1 Å². The second-order valence-corrected chi connectivity index (χ2v) is 7.92. The van der Waals surface area contributed by atoms with Gasteiger partial charge in [-0.2, -0.15) is 0 Å². The van der Waals surface area contributed by atoms with Crippen LogP contribution in [0.15, 0.2) is 84.0 Å². The molecule has 0 saturated heterocycles. The van der Waals surface area contributed by atoms with Crippen LogP contribution >= 0.6 is 11.8 Å². The second kappa shape index (κ2) is 10.0. The molecule has 33 heavy (non-hydrogen) atoms. The number of non-ortho nitro benzene ring substituents is 1. The van der Waals surface area contributed by atoms with Crippen LogP contribution in [0.2, 0.25) is 0 Å². The van der Waals surface area contributed by atoms with Gasteiger partial charge in [0.05, 0.1) is 10.7 Å². The summed E-state index contributed by atoms with van der Waals surface area (Å²) in [6, 6.07) is 21.4. The Kier molecular flexibility index (Phi) is 6.75. The minimum Gasteiger partial charge on any atom is -0.351 e. The first-order chi connectivity index (χ1) is 16.0. The molecule has 0 aliphatic carbocycles. The summed E-state index contributed by atoms with van der Waals surface area (Å²) in [5.74, 6) is 0.0737. The van der Waals surface area contributed by atoms with Crippen molar-refractivity contribution in [2.75, 3.05) is 5.75 Å². The summed E-state index contributed by atoms with van der Waals surface area (Å²) in [5, 5.41) is 22.6. The molecular formula is C23H18FN5O3S. The summed E-state index contributed by atoms with van der Waals surface area (Å²) in [4.78, 5) is 22.7. The first kappa shape index (κ1) is 22.2. The summed E-state index contributed by atoms with van der Waals surface area (Å²) in [6.45, 7) is 0.254. The van der Waals surface area contributed by atoms with Crippen LogP contribution in [0.25, 0.3) is 17.1 Å². The van der Waals surface area contributed by atoms with Gasteiger partial charge in [0.15, 0.2) is 11.0 Å². The third kappa shape index (κ3) is 5.42. The first-order valence-electron chi connectivity index (χ1n) is 9.91. The molecule has 10 heteroatoms. The van der Waals surface area contributed by atoms with Crippen LogP contribution in [0, 0.1) is 15.9 Å². The molecule has 0 aliphatic heterocycles. The molecule has 166 valence electrons. The van der Waals surface area contributed by atoms with Crippen molar-refractivity contribution >= 4 is 23.4 Å². The maximum Gasteiger partial charge on any atom is 0.269 e.